The molecule has 1 aliphatic heterocycles. The minimum Gasteiger partial charge on any atom is -0.495 e. The molecular weight excluding hydrogens is 396 g/mol. The smallest absolute Gasteiger partial charge is 0.495 e. The van der Waals surface area contributed by atoms with Gasteiger partial charge in [-0.15, -0.1) is 8.78 Å². The minimum absolute atomic E-state index is 0.102. The number of hydrogen-bond donors (Lipinski definition) is 0. The summed E-state index contributed by atoms with van der Waals surface area (Å²) >= 11 is 0. The number of para-hydroxylation sites is 1. The topological polar surface area (TPSA) is 74.3 Å². The first kappa shape index (κ1) is 20.3. The third-order valence-electron chi connectivity index (χ3n) is 4.20. The highest BCUT2D eigenvalue weighted by Gasteiger charge is 2.44. The molecule has 152 valence electrons. The Morgan fingerprint density at radius 1 is 1.14 bits per heavy atom. The van der Waals surface area contributed by atoms with E-state index in [0.717, 1.165) is 4.31 Å². The monoisotopic (exact) mass is 415 g/mol. The average molecular weight is 415 g/mol. The summed E-state index contributed by atoms with van der Waals surface area (Å²) in [5, 5.41) is 0. The first-order chi connectivity index (χ1) is 13.2. The van der Waals surface area contributed by atoms with Crippen molar-refractivity contribution < 1.29 is 36.1 Å². The van der Waals surface area contributed by atoms with Crippen molar-refractivity contribution in [3.63, 3.8) is 0 Å². The largest absolute Gasteiger partial charge is 0.586 e. The van der Waals surface area contributed by atoms with Crippen molar-refractivity contribution in [2.24, 2.45) is 0 Å². The molecule has 0 aromatic heterocycles. The molecule has 0 saturated heterocycles. The summed E-state index contributed by atoms with van der Waals surface area (Å²) in [7, 11) is 0.317. The third-order valence-corrected chi connectivity index (χ3v) is 6.08. The number of halogens is 2. The van der Waals surface area contributed by atoms with Gasteiger partial charge in [-0.3, -0.25) is 0 Å². The summed E-state index contributed by atoms with van der Waals surface area (Å²) in [5.74, 6) is -0.156. The first-order valence-electron chi connectivity index (χ1n) is 8.22. The first-order valence-corrected chi connectivity index (χ1v) is 9.66. The van der Waals surface area contributed by atoms with Gasteiger partial charge in [0, 0.05) is 26.3 Å². The van der Waals surface area contributed by atoms with Gasteiger partial charge in [0.2, 0.25) is 10.0 Å². The molecule has 7 nitrogen and oxygen atoms in total. The quantitative estimate of drug-likeness (QED) is 0.692. The molecule has 3 rings (SSSR count). The van der Waals surface area contributed by atoms with E-state index in [1.165, 1.54) is 51.6 Å². The molecule has 0 aliphatic carbocycles. The van der Waals surface area contributed by atoms with Gasteiger partial charge in [0.05, 0.1) is 13.7 Å². The Labute approximate surface area is 161 Å². The second-order valence-electron chi connectivity index (χ2n) is 5.99. The standard InChI is InChI=1S/C18H19F2NO6S/c1-21(9-10-24-2)28(22,23)16-11-12(7-8-14(16)25-3)13-5-4-6-15-17(13)27-18(19,20)26-15/h4-8,11H,9-10H2,1-3H3. The van der Waals surface area contributed by atoms with E-state index in [2.05, 4.69) is 9.47 Å². The second-order valence-corrected chi connectivity index (χ2v) is 8.00. The lowest BCUT2D eigenvalue weighted by atomic mass is 10.0. The SMILES string of the molecule is COCCN(C)S(=O)(=O)c1cc(-c2cccc3c2OC(F)(F)O3)ccc1OC. The van der Waals surface area contributed by atoms with Gasteiger partial charge in [-0.05, 0) is 23.8 Å². The fourth-order valence-electron chi connectivity index (χ4n) is 2.75. The Balaban J connectivity index is 2.08. The normalized spacial score (nSPS) is 15.1. The molecule has 2 aromatic rings. The van der Waals surface area contributed by atoms with Gasteiger partial charge in [-0.25, -0.2) is 8.42 Å². The van der Waals surface area contributed by atoms with Crippen LogP contribution in [0.25, 0.3) is 11.1 Å². The molecule has 0 bridgehead atoms. The number of sulfonamides is 1. The van der Waals surface area contributed by atoms with Crippen molar-refractivity contribution >= 4 is 10.0 Å². The Morgan fingerprint density at radius 2 is 1.89 bits per heavy atom. The predicted octanol–water partition coefficient (Wildman–Crippen LogP) is 2.95. The second kappa shape index (κ2) is 7.53. The third kappa shape index (κ3) is 3.75. The van der Waals surface area contributed by atoms with E-state index in [-0.39, 0.29) is 40.9 Å². The van der Waals surface area contributed by atoms with Crippen LogP contribution in [0.15, 0.2) is 41.3 Å². The predicted molar refractivity (Wildman–Crippen MR) is 96.3 cm³/mol. The van der Waals surface area contributed by atoms with Gasteiger partial charge >= 0.3 is 6.29 Å². The zero-order chi connectivity index (χ0) is 20.5. The Bertz CT molecular complexity index is 980. The molecule has 10 heteroatoms. The molecular formula is C18H19F2NO6S. The van der Waals surface area contributed by atoms with Crippen molar-refractivity contribution in [1.82, 2.24) is 4.31 Å². The molecule has 0 fully saturated rings. The molecule has 0 atom stereocenters. The zero-order valence-electron chi connectivity index (χ0n) is 15.4. The van der Waals surface area contributed by atoms with Crippen LogP contribution in [0, 0.1) is 0 Å². The lowest BCUT2D eigenvalue weighted by Crippen LogP contribution is -2.30. The van der Waals surface area contributed by atoms with Crippen molar-refractivity contribution in [2.45, 2.75) is 11.2 Å². The number of methoxy groups -OCH3 is 2. The maximum atomic E-state index is 13.5. The number of hydrogen-bond acceptors (Lipinski definition) is 6. The van der Waals surface area contributed by atoms with Crippen LogP contribution in [0.4, 0.5) is 8.78 Å². The van der Waals surface area contributed by atoms with Crippen LogP contribution in [0.1, 0.15) is 0 Å². The maximum absolute atomic E-state index is 13.5. The lowest BCUT2D eigenvalue weighted by molar-refractivity contribution is -0.286. The molecule has 1 aliphatic rings. The Kier molecular flexibility index (Phi) is 5.46. The fraction of sp³-hybridized carbons (Fsp3) is 0.333. The highest BCUT2D eigenvalue weighted by molar-refractivity contribution is 7.89. The number of ether oxygens (including phenoxy) is 4. The van der Waals surface area contributed by atoms with Crippen LogP contribution in [0.2, 0.25) is 0 Å². The maximum Gasteiger partial charge on any atom is 0.586 e. The van der Waals surface area contributed by atoms with Gasteiger partial charge in [-0.1, -0.05) is 18.2 Å². The average Bonchev–Trinajstić information content (AvgIpc) is 2.99. The van der Waals surface area contributed by atoms with Crippen LogP contribution in [-0.4, -0.2) is 53.4 Å². The summed E-state index contributed by atoms with van der Waals surface area (Å²) in [5.41, 5.74) is 0.631. The van der Waals surface area contributed by atoms with E-state index < -0.39 is 16.3 Å². The molecule has 2 aromatic carbocycles. The summed E-state index contributed by atoms with van der Waals surface area (Å²) in [4.78, 5) is -0.102. The Morgan fingerprint density at radius 3 is 2.57 bits per heavy atom. The molecule has 0 spiro atoms. The van der Waals surface area contributed by atoms with Crippen LogP contribution in [-0.2, 0) is 14.8 Å². The fourth-order valence-corrected chi connectivity index (χ4v) is 4.08. The highest BCUT2D eigenvalue weighted by Crippen LogP contribution is 2.47. The van der Waals surface area contributed by atoms with Crippen LogP contribution in [0.5, 0.6) is 17.2 Å². The summed E-state index contributed by atoms with van der Waals surface area (Å²) < 4.78 is 73.1. The van der Waals surface area contributed by atoms with Crippen LogP contribution in [0.3, 0.4) is 0 Å². The molecule has 0 saturated carbocycles. The molecule has 28 heavy (non-hydrogen) atoms. The van der Waals surface area contributed by atoms with Crippen molar-refractivity contribution in [3.8, 4) is 28.4 Å². The van der Waals surface area contributed by atoms with E-state index in [1.54, 1.807) is 6.07 Å². The molecule has 0 unspecified atom stereocenters. The van der Waals surface area contributed by atoms with Crippen LogP contribution < -0.4 is 14.2 Å². The van der Waals surface area contributed by atoms with E-state index in [1.807, 2.05) is 0 Å². The minimum atomic E-state index is -3.91. The van der Waals surface area contributed by atoms with Gasteiger partial charge in [-0.2, -0.15) is 4.31 Å². The Hall–Kier alpha value is -2.43. The lowest BCUT2D eigenvalue weighted by Gasteiger charge is -2.19. The number of alkyl halides is 2. The van der Waals surface area contributed by atoms with E-state index in [9.17, 15) is 17.2 Å². The molecule has 0 N–H and O–H groups in total. The van der Waals surface area contributed by atoms with Gasteiger partial charge < -0.3 is 18.9 Å². The van der Waals surface area contributed by atoms with Gasteiger partial charge in [0.25, 0.3) is 0 Å². The van der Waals surface area contributed by atoms with Crippen LogP contribution >= 0.6 is 0 Å². The number of benzene rings is 2. The number of fused-ring (bicyclic) bond motifs is 1. The van der Waals surface area contributed by atoms with E-state index in [0.29, 0.717) is 5.56 Å². The van der Waals surface area contributed by atoms with E-state index >= 15 is 0 Å². The van der Waals surface area contributed by atoms with E-state index in [4.69, 9.17) is 9.47 Å². The highest BCUT2D eigenvalue weighted by atomic mass is 32.2. The number of nitrogens with zero attached hydrogens (tertiary/aromatic N) is 1. The number of likely N-dealkylation sites (N-methyl/N-ethyl adjacent to an activating group) is 1. The summed E-state index contributed by atoms with van der Waals surface area (Å²) in [6.45, 7) is 0.348. The van der Waals surface area contributed by atoms with Crippen molar-refractivity contribution in [2.75, 3.05) is 34.4 Å². The summed E-state index contributed by atoms with van der Waals surface area (Å²) in [6.07, 6.45) is -3.78. The molecule has 0 radical (unpaired) electrons. The van der Waals surface area contributed by atoms with Gasteiger partial charge in [0.15, 0.2) is 11.5 Å². The van der Waals surface area contributed by atoms with Crippen molar-refractivity contribution in [3.05, 3.63) is 36.4 Å². The summed E-state index contributed by atoms with van der Waals surface area (Å²) in [6, 6.07) is 8.77. The van der Waals surface area contributed by atoms with Gasteiger partial charge in [0.1, 0.15) is 10.6 Å². The zero-order valence-corrected chi connectivity index (χ0v) is 16.3. The molecule has 1 heterocycles. The number of rotatable bonds is 7. The molecule has 0 amide bonds. The van der Waals surface area contributed by atoms with Crippen molar-refractivity contribution in [1.29, 1.82) is 0 Å².